The molecule has 2 unspecified atom stereocenters. The summed E-state index contributed by atoms with van der Waals surface area (Å²) in [7, 11) is -2.59. The van der Waals surface area contributed by atoms with Crippen molar-refractivity contribution in [1.82, 2.24) is 14.9 Å². The van der Waals surface area contributed by atoms with Gasteiger partial charge in [0.25, 0.3) is 0 Å². The van der Waals surface area contributed by atoms with Gasteiger partial charge in [-0.15, -0.1) is 11.6 Å². The van der Waals surface area contributed by atoms with E-state index in [1.54, 1.807) is 12.1 Å². The number of ether oxygens (including phenoxy) is 1. The first-order chi connectivity index (χ1) is 19.1. The Labute approximate surface area is 243 Å². The summed E-state index contributed by atoms with van der Waals surface area (Å²) in [6, 6.07) is 15.2. The second-order valence-electron chi connectivity index (χ2n) is 9.85. The second kappa shape index (κ2) is 16.6. The van der Waals surface area contributed by atoms with E-state index in [4.69, 9.17) is 16.3 Å². The Bertz CT molecular complexity index is 1160. The highest BCUT2D eigenvalue weighted by atomic mass is 35.5. The molecule has 0 saturated carbocycles. The fourth-order valence-electron chi connectivity index (χ4n) is 4.40. The quantitative estimate of drug-likeness (QED) is 0.178. The van der Waals surface area contributed by atoms with Crippen molar-refractivity contribution in [3.05, 3.63) is 60.2 Å². The average molecular weight is 596 g/mol. The second-order valence-corrected chi connectivity index (χ2v) is 12.0. The number of benzene rings is 2. The topological polar surface area (TPSA) is 125 Å². The first kappa shape index (κ1) is 33.5. The lowest BCUT2D eigenvalue weighted by Crippen LogP contribution is -2.55. The van der Waals surface area contributed by atoms with Crippen molar-refractivity contribution in [3.63, 3.8) is 0 Å². The van der Waals surface area contributed by atoms with E-state index in [0.29, 0.717) is 25.0 Å². The lowest BCUT2D eigenvalue weighted by atomic mass is 9.98. The highest BCUT2D eigenvalue weighted by Gasteiger charge is 2.42. The van der Waals surface area contributed by atoms with Crippen LogP contribution in [0.3, 0.4) is 0 Å². The summed E-state index contributed by atoms with van der Waals surface area (Å²) in [6.07, 6.45) is 2.74. The monoisotopic (exact) mass is 595 g/mol. The number of rotatable bonds is 18. The van der Waals surface area contributed by atoms with E-state index in [0.717, 1.165) is 12.0 Å². The number of amides is 2. The zero-order valence-electron chi connectivity index (χ0n) is 23.6. The molecule has 2 rings (SSSR count). The van der Waals surface area contributed by atoms with Gasteiger partial charge in [0, 0.05) is 38.4 Å². The molecular weight excluding hydrogens is 554 g/mol. The molecule has 2 amide bonds. The van der Waals surface area contributed by atoms with Gasteiger partial charge < -0.3 is 20.5 Å². The Morgan fingerprint density at radius 2 is 1.75 bits per heavy atom. The van der Waals surface area contributed by atoms with Crippen LogP contribution in [0.4, 0.5) is 0 Å². The van der Waals surface area contributed by atoms with Crippen molar-refractivity contribution in [1.29, 1.82) is 0 Å². The van der Waals surface area contributed by atoms with Gasteiger partial charge in [0.1, 0.15) is 17.4 Å². The van der Waals surface area contributed by atoms with Gasteiger partial charge >= 0.3 is 0 Å². The maximum Gasteiger partial charge on any atom is 0.245 e. The molecule has 0 aliphatic rings. The van der Waals surface area contributed by atoms with Crippen LogP contribution >= 0.6 is 11.6 Å². The largest absolute Gasteiger partial charge is 0.497 e. The van der Waals surface area contributed by atoms with E-state index in [1.165, 1.54) is 23.5 Å². The molecule has 2 aromatic carbocycles. The third kappa shape index (κ3) is 10.4. The smallest absolute Gasteiger partial charge is 0.245 e. The van der Waals surface area contributed by atoms with Crippen LogP contribution in [0.25, 0.3) is 0 Å². The average Bonchev–Trinajstić information content (AvgIpc) is 2.93. The number of nitrogens with one attached hydrogen (secondary N) is 2. The van der Waals surface area contributed by atoms with Gasteiger partial charge in [-0.3, -0.25) is 9.59 Å². The number of halogens is 1. The Balaban J connectivity index is 2.20. The number of hydrogen-bond acceptors (Lipinski definition) is 6. The molecule has 0 heterocycles. The molecule has 0 fully saturated rings. The number of alkyl halides is 1. The molecule has 3 N–H and O–H groups in total. The molecule has 2 aromatic rings. The minimum absolute atomic E-state index is 0.00504. The van der Waals surface area contributed by atoms with Gasteiger partial charge in [0.05, 0.1) is 12.0 Å². The summed E-state index contributed by atoms with van der Waals surface area (Å²) in [6.45, 7) is 4.01. The fourth-order valence-corrected chi connectivity index (χ4v) is 6.18. The van der Waals surface area contributed by atoms with Crippen LogP contribution < -0.4 is 15.4 Å². The van der Waals surface area contributed by atoms with E-state index in [9.17, 15) is 23.1 Å². The third-order valence-electron chi connectivity index (χ3n) is 6.57. The standard InChI is InChI=1S/C29H42ClN3O6S/c1-4-5-20-33(40(37,38)26-16-14-25(39-3)15-17-26)29(36,21-24-11-7-6-8-12-24)18-19-31-27(34)13-9-10-23(2)32-28(35)22-30/h6-8,11-12,14-17,23,36H,4-5,9-10,13,18-22H2,1-3H3,(H,31,34)(H,32,35). The van der Waals surface area contributed by atoms with E-state index >= 15 is 0 Å². The van der Waals surface area contributed by atoms with Gasteiger partial charge in [0.15, 0.2) is 0 Å². The van der Waals surface area contributed by atoms with E-state index < -0.39 is 15.7 Å². The molecular formula is C29H42ClN3O6S. The molecule has 0 radical (unpaired) electrons. The predicted molar refractivity (Wildman–Crippen MR) is 157 cm³/mol. The van der Waals surface area contributed by atoms with E-state index in [2.05, 4.69) is 10.6 Å². The minimum atomic E-state index is -4.09. The van der Waals surface area contributed by atoms with Crippen LogP contribution in [-0.2, 0) is 26.0 Å². The molecule has 0 aromatic heterocycles. The molecule has 11 heteroatoms. The first-order valence-corrected chi connectivity index (χ1v) is 15.6. The number of sulfonamides is 1. The predicted octanol–water partition coefficient (Wildman–Crippen LogP) is 3.84. The fraction of sp³-hybridized carbons (Fsp3) is 0.517. The van der Waals surface area contributed by atoms with Crippen molar-refractivity contribution in [2.24, 2.45) is 0 Å². The number of carbonyl (C=O) groups is 2. The molecule has 2 atom stereocenters. The number of unbranched alkanes of at least 4 members (excludes halogenated alkanes) is 1. The maximum atomic E-state index is 13.9. The van der Waals surface area contributed by atoms with Gasteiger partial charge in [-0.2, -0.15) is 4.31 Å². The van der Waals surface area contributed by atoms with Crippen molar-refractivity contribution in [3.8, 4) is 5.75 Å². The van der Waals surface area contributed by atoms with E-state index in [1.807, 2.05) is 44.2 Å². The van der Waals surface area contributed by atoms with Gasteiger partial charge in [-0.1, -0.05) is 43.7 Å². The molecule has 222 valence electrons. The molecule has 0 bridgehead atoms. The molecule has 0 spiro atoms. The van der Waals surface area contributed by atoms with Crippen LogP contribution in [0, 0.1) is 0 Å². The number of carbonyl (C=O) groups excluding carboxylic acids is 2. The summed E-state index contributed by atoms with van der Waals surface area (Å²) in [5.74, 6) is -0.0538. The van der Waals surface area contributed by atoms with Crippen LogP contribution in [-0.4, -0.2) is 67.5 Å². The van der Waals surface area contributed by atoms with Gasteiger partial charge in [-0.05, 0) is 56.0 Å². The van der Waals surface area contributed by atoms with Crippen molar-refractivity contribution in [2.45, 2.75) is 75.5 Å². The van der Waals surface area contributed by atoms with Crippen LogP contribution in [0.15, 0.2) is 59.5 Å². The summed E-state index contributed by atoms with van der Waals surface area (Å²) in [5.41, 5.74) is -1.01. The molecule has 40 heavy (non-hydrogen) atoms. The molecule has 0 aliphatic heterocycles. The SMILES string of the molecule is CCCCN(C(O)(CCNC(=O)CCCC(C)NC(=O)CCl)Cc1ccccc1)S(=O)(=O)c1ccc(OC)cc1. The van der Waals surface area contributed by atoms with Crippen LogP contribution in [0.1, 0.15) is 57.9 Å². The summed E-state index contributed by atoms with van der Waals surface area (Å²) in [5, 5.41) is 17.6. The first-order valence-electron chi connectivity index (χ1n) is 13.6. The van der Waals surface area contributed by atoms with Crippen molar-refractivity contribution < 1.29 is 27.9 Å². The molecule has 0 aliphatic carbocycles. The highest BCUT2D eigenvalue weighted by Crippen LogP contribution is 2.30. The summed E-state index contributed by atoms with van der Waals surface area (Å²) >= 11 is 5.51. The third-order valence-corrected chi connectivity index (χ3v) is 8.79. The van der Waals surface area contributed by atoms with Gasteiger partial charge in [0.2, 0.25) is 21.8 Å². The van der Waals surface area contributed by atoms with Gasteiger partial charge in [-0.25, -0.2) is 8.42 Å². The minimum Gasteiger partial charge on any atom is -0.497 e. The lowest BCUT2D eigenvalue weighted by molar-refractivity contribution is -0.121. The van der Waals surface area contributed by atoms with Crippen molar-refractivity contribution in [2.75, 3.05) is 26.1 Å². The lowest BCUT2D eigenvalue weighted by Gasteiger charge is -2.39. The number of methoxy groups -OCH3 is 1. The van der Waals surface area contributed by atoms with Crippen molar-refractivity contribution >= 4 is 33.4 Å². The highest BCUT2D eigenvalue weighted by molar-refractivity contribution is 7.89. The zero-order valence-corrected chi connectivity index (χ0v) is 25.1. The number of nitrogens with zero attached hydrogens (tertiary/aromatic N) is 1. The van der Waals surface area contributed by atoms with E-state index in [-0.39, 0.29) is 61.0 Å². The number of hydrogen-bond donors (Lipinski definition) is 3. The molecule has 9 nitrogen and oxygen atoms in total. The summed E-state index contributed by atoms with van der Waals surface area (Å²) < 4.78 is 34.1. The normalized spacial score (nSPS) is 13.8. The number of aliphatic hydroxyl groups is 1. The Hall–Kier alpha value is -2.66. The Morgan fingerprint density at radius 1 is 1.07 bits per heavy atom. The summed E-state index contributed by atoms with van der Waals surface area (Å²) in [4.78, 5) is 24.0. The Kier molecular flexibility index (Phi) is 13.9. The zero-order chi connectivity index (χ0) is 29.6. The maximum absolute atomic E-state index is 13.9. The van der Waals surface area contributed by atoms with Crippen LogP contribution in [0.5, 0.6) is 5.75 Å². The Morgan fingerprint density at radius 3 is 2.35 bits per heavy atom. The van der Waals surface area contributed by atoms with Crippen LogP contribution in [0.2, 0.25) is 0 Å². The molecule has 0 saturated heterocycles.